The van der Waals surface area contributed by atoms with Gasteiger partial charge in [0.05, 0.1) is 35.6 Å². The fourth-order valence-electron chi connectivity index (χ4n) is 2.80. The zero-order valence-electron chi connectivity index (χ0n) is 11.1. The smallest absolute Gasteiger partial charge is 0.318 e. The highest BCUT2D eigenvalue weighted by atomic mass is 32.2. The second kappa shape index (κ2) is 5.23. The number of piperazine rings is 1. The van der Waals surface area contributed by atoms with E-state index in [1.165, 1.54) is 11.1 Å². The van der Waals surface area contributed by atoms with Gasteiger partial charge in [0, 0.05) is 25.2 Å². The monoisotopic (exact) mass is 314 g/mol. The maximum Gasteiger partial charge on any atom is 0.322 e. The Hall–Kier alpha value is -1.74. The van der Waals surface area contributed by atoms with Crippen LogP contribution in [-0.4, -0.2) is 61.0 Å². The Kier molecular flexibility index (Phi) is 3.54. The minimum Gasteiger partial charge on any atom is -0.318 e. The number of nitrogens with zero attached hydrogens (tertiary/aromatic N) is 2. The Morgan fingerprint density at radius 2 is 2.24 bits per heavy atom. The molecule has 0 saturated carbocycles. The van der Waals surface area contributed by atoms with Gasteiger partial charge in [0.25, 0.3) is 0 Å². The quantitative estimate of drug-likeness (QED) is 0.750. The number of carbonyl (C=O) groups excluding carboxylic acids is 1. The summed E-state index contributed by atoms with van der Waals surface area (Å²) < 4.78 is 36.5. The van der Waals surface area contributed by atoms with E-state index < -0.39 is 21.7 Å². The third-order valence-electron chi connectivity index (χ3n) is 3.70. The standard InChI is InChI=1S/C12H15FN4O3S/c13-8-3-9(5-14-4-8)16-12(18)17-2-1-15-10-6-21(19,20)7-11(10)17/h3-5,10-11,15H,1-2,6-7H2,(H,16,18)/t10-,11+/m0/s1. The first kappa shape index (κ1) is 14.2. The summed E-state index contributed by atoms with van der Waals surface area (Å²) >= 11 is 0. The zero-order valence-corrected chi connectivity index (χ0v) is 11.9. The van der Waals surface area contributed by atoms with E-state index in [4.69, 9.17) is 0 Å². The molecule has 2 aliphatic rings. The van der Waals surface area contributed by atoms with Crippen molar-refractivity contribution in [2.45, 2.75) is 12.1 Å². The molecule has 7 nitrogen and oxygen atoms in total. The van der Waals surface area contributed by atoms with E-state index in [0.29, 0.717) is 13.1 Å². The predicted molar refractivity (Wildman–Crippen MR) is 74.2 cm³/mol. The van der Waals surface area contributed by atoms with E-state index in [1.54, 1.807) is 0 Å². The lowest BCUT2D eigenvalue weighted by molar-refractivity contribution is 0.163. The molecule has 21 heavy (non-hydrogen) atoms. The first-order chi connectivity index (χ1) is 9.94. The number of urea groups is 1. The van der Waals surface area contributed by atoms with Crippen LogP contribution in [0.4, 0.5) is 14.9 Å². The average Bonchev–Trinajstić information content (AvgIpc) is 2.72. The van der Waals surface area contributed by atoms with Crippen LogP contribution in [0.25, 0.3) is 0 Å². The van der Waals surface area contributed by atoms with E-state index >= 15 is 0 Å². The lowest BCUT2D eigenvalue weighted by Gasteiger charge is -2.37. The SMILES string of the molecule is O=C(Nc1cncc(F)c1)N1CCN[C@H]2CS(=O)(=O)C[C@H]21. The molecule has 0 unspecified atom stereocenters. The van der Waals surface area contributed by atoms with E-state index in [9.17, 15) is 17.6 Å². The van der Waals surface area contributed by atoms with Crippen molar-refractivity contribution < 1.29 is 17.6 Å². The number of sulfone groups is 1. The number of rotatable bonds is 1. The minimum absolute atomic E-state index is 0.0422. The molecular weight excluding hydrogens is 299 g/mol. The van der Waals surface area contributed by atoms with E-state index in [0.717, 1.165) is 12.3 Å². The molecule has 2 saturated heterocycles. The van der Waals surface area contributed by atoms with Crippen molar-refractivity contribution in [3.05, 3.63) is 24.3 Å². The molecule has 2 amide bonds. The van der Waals surface area contributed by atoms with Crippen molar-refractivity contribution in [3.8, 4) is 0 Å². The van der Waals surface area contributed by atoms with Crippen molar-refractivity contribution in [2.75, 3.05) is 29.9 Å². The van der Waals surface area contributed by atoms with Gasteiger partial charge >= 0.3 is 6.03 Å². The van der Waals surface area contributed by atoms with Gasteiger partial charge in [-0.15, -0.1) is 0 Å². The zero-order chi connectivity index (χ0) is 15.0. The molecular formula is C12H15FN4O3S. The van der Waals surface area contributed by atoms with Crippen LogP contribution in [0.2, 0.25) is 0 Å². The number of aromatic nitrogens is 1. The molecule has 0 radical (unpaired) electrons. The summed E-state index contributed by atoms with van der Waals surface area (Å²) in [5.74, 6) is -0.544. The third-order valence-corrected chi connectivity index (χ3v) is 5.42. The highest BCUT2D eigenvalue weighted by molar-refractivity contribution is 7.91. The van der Waals surface area contributed by atoms with Gasteiger partial charge in [0.1, 0.15) is 5.82 Å². The minimum atomic E-state index is -3.13. The Morgan fingerprint density at radius 1 is 1.43 bits per heavy atom. The van der Waals surface area contributed by atoms with Crippen molar-refractivity contribution in [1.82, 2.24) is 15.2 Å². The summed E-state index contributed by atoms with van der Waals surface area (Å²) in [6, 6.07) is 0.108. The van der Waals surface area contributed by atoms with Crippen molar-refractivity contribution >= 4 is 21.6 Å². The molecule has 0 spiro atoms. The van der Waals surface area contributed by atoms with Crippen molar-refractivity contribution in [2.24, 2.45) is 0 Å². The van der Waals surface area contributed by atoms with Crippen LogP contribution >= 0.6 is 0 Å². The Labute approximate surface area is 121 Å². The first-order valence-electron chi connectivity index (χ1n) is 6.56. The number of halogens is 1. The van der Waals surface area contributed by atoms with Gasteiger partial charge in [-0.3, -0.25) is 4.98 Å². The highest BCUT2D eigenvalue weighted by Crippen LogP contribution is 2.22. The fourth-order valence-corrected chi connectivity index (χ4v) is 4.75. The fraction of sp³-hybridized carbons (Fsp3) is 0.500. The van der Waals surface area contributed by atoms with Gasteiger partial charge in [-0.1, -0.05) is 0 Å². The van der Waals surface area contributed by atoms with Crippen LogP contribution in [-0.2, 0) is 9.84 Å². The number of fused-ring (bicyclic) bond motifs is 1. The molecule has 0 bridgehead atoms. The summed E-state index contributed by atoms with van der Waals surface area (Å²) in [5, 5.41) is 5.68. The maximum absolute atomic E-state index is 13.1. The van der Waals surface area contributed by atoms with Crippen LogP contribution in [0.1, 0.15) is 0 Å². The number of anilines is 1. The van der Waals surface area contributed by atoms with Crippen molar-refractivity contribution in [3.63, 3.8) is 0 Å². The first-order valence-corrected chi connectivity index (χ1v) is 8.39. The summed E-state index contributed by atoms with van der Waals surface area (Å²) in [6.45, 7) is 0.941. The molecule has 1 aromatic heterocycles. The maximum atomic E-state index is 13.1. The van der Waals surface area contributed by atoms with E-state index in [1.807, 2.05) is 0 Å². The number of carbonyl (C=O) groups is 1. The molecule has 1 aromatic rings. The molecule has 3 rings (SSSR count). The van der Waals surface area contributed by atoms with Gasteiger partial charge in [0.2, 0.25) is 0 Å². The molecule has 0 aromatic carbocycles. The molecule has 9 heteroatoms. The average molecular weight is 314 g/mol. The Balaban J connectivity index is 1.75. The number of amides is 2. The largest absolute Gasteiger partial charge is 0.322 e. The van der Waals surface area contributed by atoms with Crippen LogP contribution in [0, 0.1) is 5.82 Å². The lowest BCUT2D eigenvalue weighted by Crippen LogP contribution is -2.59. The van der Waals surface area contributed by atoms with Gasteiger partial charge < -0.3 is 15.5 Å². The van der Waals surface area contributed by atoms with E-state index in [-0.39, 0.29) is 29.3 Å². The predicted octanol–water partition coefficient (Wildman–Crippen LogP) is -0.177. The summed E-state index contributed by atoms with van der Waals surface area (Å²) in [6.07, 6.45) is 2.38. The third kappa shape index (κ3) is 2.98. The van der Waals surface area contributed by atoms with Crippen LogP contribution in [0.3, 0.4) is 0 Å². The van der Waals surface area contributed by atoms with Crippen LogP contribution in [0.5, 0.6) is 0 Å². The number of pyridine rings is 1. The normalized spacial score (nSPS) is 27.2. The van der Waals surface area contributed by atoms with Gasteiger partial charge in [-0.2, -0.15) is 0 Å². The molecule has 114 valence electrons. The Morgan fingerprint density at radius 3 is 3.00 bits per heavy atom. The van der Waals surface area contributed by atoms with Crippen LogP contribution in [0.15, 0.2) is 18.5 Å². The van der Waals surface area contributed by atoms with Gasteiger partial charge in [-0.25, -0.2) is 17.6 Å². The van der Waals surface area contributed by atoms with Crippen molar-refractivity contribution in [1.29, 1.82) is 0 Å². The summed E-state index contributed by atoms with van der Waals surface area (Å²) in [4.78, 5) is 17.4. The number of hydrogen-bond donors (Lipinski definition) is 2. The summed E-state index contributed by atoms with van der Waals surface area (Å²) in [7, 11) is -3.13. The summed E-state index contributed by atoms with van der Waals surface area (Å²) in [5.41, 5.74) is 0.246. The number of nitrogens with one attached hydrogen (secondary N) is 2. The lowest BCUT2D eigenvalue weighted by atomic mass is 10.1. The second-order valence-electron chi connectivity index (χ2n) is 5.22. The van der Waals surface area contributed by atoms with Crippen LogP contribution < -0.4 is 10.6 Å². The number of hydrogen-bond acceptors (Lipinski definition) is 5. The topological polar surface area (TPSA) is 91.4 Å². The molecule has 2 aliphatic heterocycles. The van der Waals surface area contributed by atoms with Gasteiger partial charge in [-0.05, 0) is 0 Å². The van der Waals surface area contributed by atoms with Gasteiger partial charge in [0.15, 0.2) is 9.84 Å². The molecule has 2 N–H and O–H groups in total. The second-order valence-corrected chi connectivity index (χ2v) is 7.37. The Bertz CT molecular complexity index is 666. The highest BCUT2D eigenvalue weighted by Gasteiger charge is 2.44. The molecule has 0 aliphatic carbocycles. The molecule has 2 fully saturated rings. The molecule has 3 heterocycles. The molecule has 2 atom stereocenters. The van der Waals surface area contributed by atoms with E-state index in [2.05, 4.69) is 15.6 Å².